The second-order valence-electron chi connectivity index (χ2n) is 10.4. The summed E-state index contributed by atoms with van der Waals surface area (Å²) in [4.78, 5) is 0. The SMILES string of the molecule is N#CC1=CCC(C2C(=C(C#N)C#N)C(c3ccc(C#N)cc3)=C3c4cccc5ccc6cccc(c6c45)C32)C=C1. The van der Waals surface area contributed by atoms with Gasteiger partial charge in [0.15, 0.2) is 0 Å². The lowest BCUT2D eigenvalue weighted by atomic mass is 9.68. The molecule has 0 fully saturated rings. The van der Waals surface area contributed by atoms with Gasteiger partial charge in [-0.25, -0.2) is 0 Å². The quantitative estimate of drug-likeness (QED) is 0.203. The molecule has 3 atom stereocenters. The number of nitriles is 4. The molecule has 4 aromatic rings. The molecule has 0 aliphatic heterocycles. The monoisotopic (exact) mass is 508 g/mol. The summed E-state index contributed by atoms with van der Waals surface area (Å²) in [6.07, 6.45) is 6.54. The van der Waals surface area contributed by atoms with E-state index < -0.39 is 0 Å². The van der Waals surface area contributed by atoms with E-state index in [1.54, 1.807) is 12.1 Å². The summed E-state index contributed by atoms with van der Waals surface area (Å²) in [5, 5.41) is 44.2. The third kappa shape index (κ3) is 3.21. The first-order chi connectivity index (χ1) is 19.7. The van der Waals surface area contributed by atoms with Crippen LogP contribution in [0.4, 0.5) is 0 Å². The Kier molecular flexibility index (Phi) is 5.25. The Morgan fingerprint density at radius 2 is 1.48 bits per heavy atom. The van der Waals surface area contributed by atoms with E-state index in [1.807, 2.05) is 24.3 Å². The van der Waals surface area contributed by atoms with E-state index in [0.29, 0.717) is 17.6 Å². The Morgan fingerprint density at radius 1 is 0.750 bits per heavy atom. The molecule has 0 N–H and O–H groups in total. The standard InChI is InChI=1S/C36H20N4/c37-17-21-7-11-25(12-8-21)32-34(27(19-39)20-40)33(26-13-9-22(18-38)10-14-26)36-29-6-2-4-24-16-15-23-3-1-5-28(35(32)36)30(23)31(24)29/h1-13,15-16,26,33,36H,14H2. The van der Waals surface area contributed by atoms with Crippen molar-refractivity contribution in [3.8, 4) is 24.3 Å². The number of rotatable bonds is 2. The van der Waals surface area contributed by atoms with Crippen LogP contribution in [0.15, 0.2) is 108 Å². The van der Waals surface area contributed by atoms with E-state index in [9.17, 15) is 21.0 Å². The maximum Gasteiger partial charge on any atom is 0.133 e. The second kappa shape index (κ2) is 8.96. The van der Waals surface area contributed by atoms with Crippen molar-refractivity contribution in [1.29, 1.82) is 21.0 Å². The van der Waals surface area contributed by atoms with Crippen molar-refractivity contribution in [2.24, 2.45) is 11.8 Å². The van der Waals surface area contributed by atoms with Gasteiger partial charge in [0.2, 0.25) is 0 Å². The van der Waals surface area contributed by atoms with Crippen LogP contribution in [0.25, 0.3) is 32.7 Å². The summed E-state index contributed by atoms with van der Waals surface area (Å²) in [5.74, 6) is -0.287. The molecular formula is C36H20N4. The summed E-state index contributed by atoms with van der Waals surface area (Å²) >= 11 is 0. The van der Waals surface area contributed by atoms with Gasteiger partial charge in [-0.3, -0.25) is 0 Å². The van der Waals surface area contributed by atoms with E-state index in [-0.39, 0.29) is 23.3 Å². The molecule has 0 aromatic heterocycles. The zero-order valence-electron chi connectivity index (χ0n) is 21.4. The molecule has 0 saturated carbocycles. The maximum atomic E-state index is 10.3. The van der Waals surface area contributed by atoms with E-state index in [1.165, 1.54) is 21.7 Å². The highest BCUT2D eigenvalue weighted by Crippen LogP contribution is 2.63. The molecule has 4 aromatic carbocycles. The smallest absolute Gasteiger partial charge is 0.133 e. The van der Waals surface area contributed by atoms with Gasteiger partial charge in [-0.1, -0.05) is 72.8 Å². The molecule has 4 heteroatoms. The van der Waals surface area contributed by atoms with Gasteiger partial charge < -0.3 is 0 Å². The lowest BCUT2D eigenvalue weighted by Gasteiger charge is -2.34. The van der Waals surface area contributed by atoms with Crippen LogP contribution in [0.1, 0.15) is 34.6 Å². The van der Waals surface area contributed by atoms with Crippen LogP contribution in [0.2, 0.25) is 0 Å². The third-order valence-electron chi connectivity index (χ3n) is 8.60. The van der Waals surface area contributed by atoms with Crippen LogP contribution in [0, 0.1) is 57.2 Å². The van der Waals surface area contributed by atoms with E-state index in [2.05, 4.69) is 78.9 Å². The number of allylic oxidation sites excluding steroid dienone is 8. The fraction of sp³-hybridized carbons (Fsp3) is 0.111. The first-order valence-electron chi connectivity index (χ1n) is 13.2. The maximum absolute atomic E-state index is 10.3. The predicted octanol–water partition coefficient (Wildman–Crippen LogP) is 7.87. The molecule has 3 unspecified atom stereocenters. The minimum absolute atomic E-state index is 0.0144. The largest absolute Gasteiger partial charge is 0.192 e. The van der Waals surface area contributed by atoms with Gasteiger partial charge in [0.05, 0.1) is 17.7 Å². The number of fused-ring (bicyclic) bond motifs is 3. The van der Waals surface area contributed by atoms with Crippen LogP contribution in [-0.4, -0.2) is 0 Å². The summed E-state index contributed by atoms with van der Waals surface area (Å²) < 4.78 is 0. The van der Waals surface area contributed by atoms with Gasteiger partial charge >= 0.3 is 0 Å². The van der Waals surface area contributed by atoms with E-state index in [4.69, 9.17) is 0 Å². The van der Waals surface area contributed by atoms with Crippen molar-refractivity contribution in [2.75, 3.05) is 0 Å². The Bertz CT molecular complexity index is 2060. The summed E-state index contributed by atoms with van der Waals surface area (Å²) in [7, 11) is 0. The molecule has 184 valence electrons. The normalized spacial score (nSPS) is 20.4. The number of hydrogen-bond donors (Lipinski definition) is 0. The van der Waals surface area contributed by atoms with Gasteiger partial charge in [0, 0.05) is 17.4 Å². The zero-order valence-corrected chi connectivity index (χ0v) is 21.4. The Morgan fingerprint density at radius 3 is 2.12 bits per heavy atom. The average Bonchev–Trinajstić information content (AvgIpc) is 3.37. The molecule has 4 nitrogen and oxygen atoms in total. The van der Waals surface area contributed by atoms with Gasteiger partial charge in [0.25, 0.3) is 0 Å². The molecule has 0 radical (unpaired) electrons. The molecule has 3 aliphatic carbocycles. The van der Waals surface area contributed by atoms with Crippen molar-refractivity contribution in [3.63, 3.8) is 0 Å². The summed E-state index contributed by atoms with van der Waals surface area (Å²) in [6, 6.07) is 33.4. The van der Waals surface area contributed by atoms with Crippen molar-refractivity contribution in [2.45, 2.75) is 12.3 Å². The topological polar surface area (TPSA) is 95.2 Å². The lowest BCUT2D eigenvalue weighted by molar-refractivity contribution is 0.441. The first-order valence-corrected chi connectivity index (χ1v) is 13.2. The fourth-order valence-corrected chi connectivity index (χ4v) is 7.04. The van der Waals surface area contributed by atoms with Crippen LogP contribution in [0.3, 0.4) is 0 Å². The van der Waals surface area contributed by atoms with E-state index >= 15 is 0 Å². The lowest BCUT2D eigenvalue weighted by Crippen LogP contribution is -2.23. The first kappa shape index (κ1) is 23.4. The van der Waals surface area contributed by atoms with Crippen molar-refractivity contribution >= 4 is 32.7 Å². The molecule has 0 heterocycles. The Hall–Kier alpha value is -5.68. The van der Waals surface area contributed by atoms with E-state index in [0.717, 1.165) is 33.2 Å². The summed E-state index contributed by atoms with van der Waals surface area (Å²) in [6.45, 7) is 0. The number of hydrogen-bond acceptors (Lipinski definition) is 4. The van der Waals surface area contributed by atoms with Crippen molar-refractivity contribution in [1.82, 2.24) is 0 Å². The second-order valence-corrected chi connectivity index (χ2v) is 10.4. The molecule has 0 spiro atoms. The van der Waals surface area contributed by atoms with Crippen molar-refractivity contribution in [3.05, 3.63) is 130 Å². The highest BCUT2D eigenvalue weighted by molar-refractivity contribution is 6.21. The number of nitrogens with zero attached hydrogens (tertiary/aromatic N) is 4. The predicted molar refractivity (Wildman–Crippen MR) is 155 cm³/mol. The zero-order chi connectivity index (χ0) is 27.4. The minimum atomic E-state index is -0.183. The molecule has 0 bridgehead atoms. The van der Waals surface area contributed by atoms with Gasteiger partial charge in [-0.15, -0.1) is 0 Å². The van der Waals surface area contributed by atoms with Gasteiger partial charge in [-0.2, -0.15) is 21.0 Å². The Balaban J connectivity index is 1.64. The molecule has 7 rings (SSSR count). The van der Waals surface area contributed by atoms with Crippen molar-refractivity contribution < 1.29 is 0 Å². The van der Waals surface area contributed by atoms with Crippen LogP contribution >= 0.6 is 0 Å². The highest BCUT2D eigenvalue weighted by atomic mass is 14.5. The highest BCUT2D eigenvalue weighted by Gasteiger charge is 2.47. The van der Waals surface area contributed by atoms with Crippen LogP contribution < -0.4 is 0 Å². The van der Waals surface area contributed by atoms with Gasteiger partial charge in [0.1, 0.15) is 17.7 Å². The third-order valence-corrected chi connectivity index (χ3v) is 8.60. The average molecular weight is 509 g/mol. The molecule has 0 saturated heterocycles. The van der Waals surface area contributed by atoms with Gasteiger partial charge in [-0.05, 0) is 85.5 Å². The molecule has 3 aliphatic rings. The Labute approximate surface area is 231 Å². The fourth-order valence-electron chi connectivity index (χ4n) is 7.04. The van der Waals surface area contributed by atoms with Crippen LogP contribution in [0.5, 0.6) is 0 Å². The number of benzene rings is 4. The molecule has 40 heavy (non-hydrogen) atoms. The minimum Gasteiger partial charge on any atom is -0.192 e. The summed E-state index contributed by atoms with van der Waals surface area (Å²) in [5.41, 5.74) is 7.26. The molecular weight excluding hydrogens is 488 g/mol. The molecule has 0 amide bonds. The van der Waals surface area contributed by atoms with Crippen LogP contribution in [-0.2, 0) is 0 Å².